The first-order chi connectivity index (χ1) is 8.26. The fourth-order valence-corrected chi connectivity index (χ4v) is 4.48. The molecule has 2 atom stereocenters. The van der Waals surface area contributed by atoms with Crippen LogP contribution in [0.1, 0.15) is 38.5 Å². The molecule has 1 fully saturated rings. The van der Waals surface area contributed by atoms with Crippen molar-refractivity contribution in [3.8, 4) is 0 Å². The van der Waals surface area contributed by atoms with Crippen molar-refractivity contribution in [1.82, 2.24) is 5.43 Å². The molecule has 0 spiro atoms. The molecule has 0 aromatic heterocycles. The van der Waals surface area contributed by atoms with Crippen molar-refractivity contribution >= 4 is 9.84 Å². The van der Waals surface area contributed by atoms with E-state index >= 15 is 0 Å². The van der Waals surface area contributed by atoms with E-state index in [4.69, 9.17) is 5.84 Å². The molecule has 1 rings (SSSR count). The van der Waals surface area contributed by atoms with Gasteiger partial charge in [-0.3, -0.25) is 11.3 Å². The highest BCUT2D eigenvalue weighted by molar-refractivity contribution is 7.92. The molecule has 0 aromatic rings. The van der Waals surface area contributed by atoms with E-state index in [9.17, 15) is 21.6 Å². The van der Waals surface area contributed by atoms with Crippen LogP contribution in [0.15, 0.2) is 0 Å². The molecule has 18 heavy (non-hydrogen) atoms. The summed E-state index contributed by atoms with van der Waals surface area (Å²) < 4.78 is 59.8. The van der Waals surface area contributed by atoms with Crippen LogP contribution in [0.5, 0.6) is 0 Å². The number of halogens is 3. The lowest BCUT2D eigenvalue weighted by Gasteiger charge is -2.29. The molecule has 0 saturated carbocycles. The van der Waals surface area contributed by atoms with Gasteiger partial charge in [-0.15, -0.1) is 0 Å². The van der Waals surface area contributed by atoms with Gasteiger partial charge in [0.25, 0.3) is 0 Å². The Morgan fingerprint density at radius 2 is 2.00 bits per heavy atom. The standard InChI is InChI=1S/C10H19F3N2O2S/c11-10(12,13)6-3-4-8(15-14)9-5-1-2-7-18(9,16)17/h8-9,15H,1-7,14H2. The minimum absolute atomic E-state index is 0.106. The summed E-state index contributed by atoms with van der Waals surface area (Å²) in [6.07, 6.45) is -3.21. The number of hydrogen-bond donors (Lipinski definition) is 2. The van der Waals surface area contributed by atoms with Crippen molar-refractivity contribution in [2.45, 2.75) is 56.0 Å². The van der Waals surface area contributed by atoms with Crippen LogP contribution in [0.3, 0.4) is 0 Å². The SMILES string of the molecule is NNC(CCCC(F)(F)F)C1CCCCS1(=O)=O. The van der Waals surface area contributed by atoms with E-state index in [0.29, 0.717) is 12.8 Å². The molecule has 1 saturated heterocycles. The molecule has 1 aliphatic heterocycles. The summed E-state index contributed by atoms with van der Waals surface area (Å²) in [5.41, 5.74) is 2.37. The molecule has 0 aliphatic carbocycles. The topological polar surface area (TPSA) is 72.2 Å². The fourth-order valence-electron chi connectivity index (χ4n) is 2.33. The van der Waals surface area contributed by atoms with Gasteiger partial charge < -0.3 is 0 Å². The van der Waals surface area contributed by atoms with Crippen molar-refractivity contribution in [2.24, 2.45) is 5.84 Å². The van der Waals surface area contributed by atoms with Gasteiger partial charge in [-0.25, -0.2) is 8.42 Å². The zero-order valence-electron chi connectivity index (χ0n) is 10.0. The Kier molecular flexibility index (Phi) is 5.42. The smallest absolute Gasteiger partial charge is 0.271 e. The molecule has 108 valence electrons. The normalized spacial score (nSPS) is 25.9. The van der Waals surface area contributed by atoms with Crippen molar-refractivity contribution < 1.29 is 21.6 Å². The first kappa shape index (κ1) is 15.7. The van der Waals surface area contributed by atoms with Gasteiger partial charge in [-0.2, -0.15) is 13.2 Å². The molecule has 0 radical (unpaired) electrons. The van der Waals surface area contributed by atoms with Crippen molar-refractivity contribution in [3.05, 3.63) is 0 Å². The van der Waals surface area contributed by atoms with Gasteiger partial charge in [0.15, 0.2) is 9.84 Å². The third kappa shape index (κ3) is 4.74. The molecule has 8 heteroatoms. The van der Waals surface area contributed by atoms with Crippen molar-refractivity contribution in [2.75, 3.05) is 5.75 Å². The molecular formula is C10H19F3N2O2S. The Balaban J connectivity index is 2.55. The van der Waals surface area contributed by atoms with E-state index in [1.165, 1.54) is 0 Å². The van der Waals surface area contributed by atoms with Gasteiger partial charge in [-0.05, 0) is 25.7 Å². The van der Waals surface area contributed by atoms with Crippen LogP contribution in [-0.2, 0) is 9.84 Å². The van der Waals surface area contributed by atoms with Gasteiger partial charge >= 0.3 is 6.18 Å². The van der Waals surface area contributed by atoms with Gasteiger partial charge in [0, 0.05) is 12.5 Å². The van der Waals surface area contributed by atoms with E-state index in [0.717, 1.165) is 6.42 Å². The zero-order valence-corrected chi connectivity index (χ0v) is 10.9. The summed E-state index contributed by atoms with van der Waals surface area (Å²) in [6, 6.07) is -0.586. The second-order valence-corrected chi connectivity index (χ2v) is 7.02. The largest absolute Gasteiger partial charge is 0.389 e. The number of nitrogens with two attached hydrogens (primary N) is 1. The number of sulfone groups is 1. The molecular weight excluding hydrogens is 269 g/mol. The summed E-state index contributed by atoms with van der Waals surface area (Å²) >= 11 is 0. The highest BCUT2D eigenvalue weighted by atomic mass is 32.2. The minimum Gasteiger partial charge on any atom is -0.271 e. The maximum absolute atomic E-state index is 12.0. The molecule has 2 unspecified atom stereocenters. The highest BCUT2D eigenvalue weighted by Gasteiger charge is 2.35. The van der Waals surface area contributed by atoms with Gasteiger partial charge in [-0.1, -0.05) is 6.42 Å². The van der Waals surface area contributed by atoms with Crippen LogP contribution in [0.2, 0.25) is 0 Å². The predicted molar refractivity (Wildman–Crippen MR) is 62.4 cm³/mol. The second kappa shape index (κ2) is 6.21. The monoisotopic (exact) mass is 288 g/mol. The number of rotatable bonds is 5. The lowest BCUT2D eigenvalue weighted by molar-refractivity contribution is -0.135. The van der Waals surface area contributed by atoms with Crippen LogP contribution in [0, 0.1) is 0 Å². The molecule has 0 aromatic carbocycles. The third-order valence-corrected chi connectivity index (χ3v) is 5.61. The summed E-state index contributed by atoms with van der Waals surface area (Å²) in [7, 11) is -3.22. The zero-order chi connectivity index (χ0) is 13.8. The van der Waals surface area contributed by atoms with Crippen LogP contribution >= 0.6 is 0 Å². The van der Waals surface area contributed by atoms with E-state index in [1.807, 2.05) is 0 Å². The molecule has 1 heterocycles. The Labute approximate surface area is 105 Å². The number of hydrogen-bond acceptors (Lipinski definition) is 4. The van der Waals surface area contributed by atoms with E-state index in [1.54, 1.807) is 0 Å². The van der Waals surface area contributed by atoms with Gasteiger partial charge in [0.2, 0.25) is 0 Å². The first-order valence-corrected chi connectivity index (χ1v) is 7.72. The number of nitrogens with one attached hydrogen (secondary N) is 1. The lowest BCUT2D eigenvalue weighted by Crippen LogP contribution is -2.49. The average Bonchev–Trinajstić information content (AvgIpc) is 2.23. The summed E-state index contributed by atoms with van der Waals surface area (Å²) in [5, 5.41) is -0.649. The first-order valence-electron chi connectivity index (χ1n) is 6.01. The average molecular weight is 288 g/mol. The Morgan fingerprint density at radius 1 is 1.33 bits per heavy atom. The fraction of sp³-hybridized carbons (Fsp3) is 1.00. The van der Waals surface area contributed by atoms with E-state index < -0.39 is 33.7 Å². The maximum atomic E-state index is 12.0. The van der Waals surface area contributed by atoms with Crippen molar-refractivity contribution in [3.63, 3.8) is 0 Å². The number of alkyl halides is 3. The Morgan fingerprint density at radius 3 is 2.50 bits per heavy atom. The van der Waals surface area contributed by atoms with E-state index in [-0.39, 0.29) is 18.6 Å². The second-order valence-electron chi connectivity index (χ2n) is 4.68. The Hall–Kier alpha value is -0.340. The molecule has 1 aliphatic rings. The maximum Gasteiger partial charge on any atom is 0.389 e. The molecule has 0 amide bonds. The molecule has 3 N–H and O–H groups in total. The molecule has 0 bridgehead atoms. The van der Waals surface area contributed by atoms with Gasteiger partial charge in [0.05, 0.1) is 11.0 Å². The summed E-state index contributed by atoms with van der Waals surface area (Å²) in [5.74, 6) is 5.39. The summed E-state index contributed by atoms with van der Waals surface area (Å²) in [4.78, 5) is 0. The molecule has 4 nitrogen and oxygen atoms in total. The number of hydrazine groups is 1. The highest BCUT2D eigenvalue weighted by Crippen LogP contribution is 2.27. The van der Waals surface area contributed by atoms with Crippen LogP contribution in [0.4, 0.5) is 13.2 Å². The Bertz CT molecular complexity index is 357. The van der Waals surface area contributed by atoms with Crippen LogP contribution in [0.25, 0.3) is 0 Å². The minimum atomic E-state index is -4.20. The quantitative estimate of drug-likeness (QED) is 0.594. The third-order valence-electron chi connectivity index (χ3n) is 3.27. The lowest BCUT2D eigenvalue weighted by atomic mass is 10.0. The van der Waals surface area contributed by atoms with Crippen LogP contribution in [-0.4, -0.2) is 31.6 Å². The van der Waals surface area contributed by atoms with Crippen molar-refractivity contribution in [1.29, 1.82) is 0 Å². The van der Waals surface area contributed by atoms with Gasteiger partial charge in [0.1, 0.15) is 0 Å². The van der Waals surface area contributed by atoms with Crippen LogP contribution < -0.4 is 11.3 Å². The summed E-state index contributed by atoms with van der Waals surface area (Å²) in [6.45, 7) is 0. The van der Waals surface area contributed by atoms with E-state index in [2.05, 4.69) is 5.43 Å². The predicted octanol–water partition coefficient (Wildman–Crippen LogP) is 1.52.